The number of para-hydroxylation sites is 1. The molecule has 0 aliphatic rings. The first kappa shape index (κ1) is 22.4. The van der Waals surface area contributed by atoms with E-state index in [1.165, 1.54) is 12.1 Å². The van der Waals surface area contributed by atoms with Gasteiger partial charge in [-0.25, -0.2) is 4.79 Å². The van der Waals surface area contributed by atoms with Crippen LogP contribution in [0.4, 0.5) is 10.5 Å². The molecule has 0 spiro atoms. The summed E-state index contributed by atoms with van der Waals surface area (Å²) in [4.78, 5) is 36.4. The van der Waals surface area contributed by atoms with Crippen LogP contribution in [0.3, 0.4) is 0 Å². The first-order chi connectivity index (χ1) is 15.4. The average molecular weight is 436 g/mol. The number of hydrazine groups is 1. The van der Waals surface area contributed by atoms with Gasteiger partial charge in [-0.15, -0.1) is 0 Å². The van der Waals surface area contributed by atoms with Gasteiger partial charge in [0.15, 0.2) is 5.76 Å². The average Bonchev–Trinajstić information content (AvgIpc) is 3.25. The third-order valence-electron chi connectivity index (χ3n) is 4.10. The Hall–Kier alpha value is -4.27. The highest BCUT2D eigenvalue weighted by Gasteiger charge is 2.14. The van der Waals surface area contributed by atoms with Gasteiger partial charge in [0.25, 0.3) is 5.91 Å². The van der Waals surface area contributed by atoms with Crippen LogP contribution in [0.2, 0.25) is 0 Å². The summed E-state index contributed by atoms with van der Waals surface area (Å²) in [6.45, 7) is 3.84. The number of benzene rings is 2. The van der Waals surface area contributed by atoms with E-state index < -0.39 is 11.8 Å². The van der Waals surface area contributed by atoms with Gasteiger partial charge < -0.3 is 19.8 Å². The zero-order valence-electron chi connectivity index (χ0n) is 17.7. The number of hydrogen-bond donors (Lipinski definition) is 4. The number of carbonyl (C=O) groups excluding carboxylic acids is 3. The molecule has 0 bridgehead atoms. The smallest absolute Gasteiger partial charge is 0.319 e. The lowest BCUT2D eigenvalue weighted by atomic mass is 10.2. The standard InChI is InChI=1S/C23H24N4O5/c1-15(2)24-23(30)25-17-8-6-7-16(13-17)21(28)26-27-22(29)20-12-11-19(32-20)14-31-18-9-4-3-5-10-18/h3-13,15H,14H2,1-2H3,(H,26,28)(H,27,29)(H2,24,25,30). The monoisotopic (exact) mass is 436 g/mol. The second-order valence-electron chi connectivity index (χ2n) is 7.11. The Labute approximate surface area is 185 Å². The maximum atomic E-state index is 12.4. The fourth-order valence-electron chi connectivity index (χ4n) is 2.66. The summed E-state index contributed by atoms with van der Waals surface area (Å²) in [5, 5.41) is 5.33. The minimum atomic E-state index is -0.616. The second kappa shape index (κ2) is 10.7. The number of amides is 4. The van der Waals surface area contributed by atoms with E-state index in [1.807, 2.05) is 44.2 Å². The van der Waals surface area contributed by atoms with Gasteiger partial charge in [0.05, 0.1) is 0 Å². The van der Waals surface area contributed by atoms with Crippen LogP contribution in [0.15, 0.2) is 71.1 Å². The van der Waals surface area contributed by atoms with Crippen LogP contribution < -0.4 is 26.2 Å². The molecule has 4 amide bonds. The van der Waals surface area contributed by atoms with E-state index >= 15 is 0 Å². The minimum Gasteiger partial charge on any atom is -0.486 e. The predicted octanol–water partition coefficient (Wildman–Crippen LogP) is 3.46. The van der Waals surface area contributed by atoms with E-state index in [1.54, 1.807) is 24.3 Å². The fraction of sp³-hybridized carbons (Fsp3) is 0.174. The molecular weight excluding hydrogens is 412 g/mol. The number of urea groups is 1. The maximum absolute atomic E-state index is 12.4. The van der Waals surface area contributed by atoms with Gasteiger partial charge in [0.2, 0.25) is 0 Å². The van der Waals surface area contributed by atoms with Crippen LogP contribution in [0.5, 0.6) is 5.75 Å². The van der Waals surface area contributed by atoms with E-state index in [4.69, 9.17) is 9.15 Å². The topological polar surface area (TPSA) is 122 Å². The van der Waals surface area contributed by atoms with Gasteiger partial charge >= 0.3 is 11.9 Å². The zero-order chi connectivity index (χ0) is 22.9. The van der Waals surface area contributed by atoms with E-state index in [9.17, 15) is 14.4 Å². The van der Waals surface area contributed by atoms with Crippen LogP contribution in [-0.4, -0.2) is 23.9 Å². The van der Waals surface area contributed by atoms with Gasteiger partial charge in [-0.1, -0.05) is 24.3 Å². The predicted molar refractivity (Wildman–Crippen MR) is 118 cm³/mol. The molecule has 0 unspecified atom stereocenters. The van der Waals surface area contributed by atoms with Crippen LogP contribution in [0.25, 0.3) is 0 Å². The molecule has 166 valence electrons. The Bertz CT molecular complexity index is 1080. The van der Waals surface area contributed by atoms with Crippen molar-refractivity contribution in [3.8, 4) is 5.75 Å². The molecule has 32 heavy (non-hydrogen) atoms. The molecule has 0 aliphatic carbocycles. The fourth-order valence-corrected chi connectivity index (χ4v) is 2.66. The first-order valence-electron chi connectivity index (χ1n) is 9.95. The Morgan fingerprint density at radius 2 is 1.66 bits per heavy atom. The zero-order valence-corrected chi connectivity index (χ0v) is 17.7. The molecule has 0 atom stereocenters. The van der Waals surface area contributed by atoms with E-state index in [-0.39, 0.29) is 30.0 Å². The lowest BCUT2D eigenvalue weighted by molar-refractivity contribution is 0.0828. The number of ether oxygens (including phenoxy) is 1. The Morgan fingerprint density at radius 3 is 2.41 bits per heavy atom. The van der Waals surface area contributed by atoms with Crippen molar-refractivity contribution in [2.24, 2.45) is 0 Å². The molecule has 0 saturated carbocycles. The largest absolute Gasteiger partial charge is 0.486 e. The van der Waals surface area contributed by atoms with E-state index in [2.05, 4.69) is 21.5 Å². The van der Waals surface area contributed by atoms with Crippen LogP contribution in [0.1, 0.15) is 40.5 Å². The summed E-state index contributed by atoms with van der Waals surface area (Å²) < 4.78 is 11.0. The van der Waals surface area contributed by atoms with Crippen LogP contribution >= 0.6 is 0 Å². The number of anilines is 1. The Balaban J connectivity index is 1.50. The molecular formula is C23H24N4O5. The van der Waals surface area contributed by atoms with Crippen molar-refractivity contribution >= 4 is 23.5 Å². The van der Waals surface area contributed by atoms with Crippen molar-refractivity contribution in [1.29, 1.82) is 0 Å². The number of hydrogen-bond acceptors (Lipinski definition) is 5. The molecule has 0 aliphatic heterocycles. The molecule has 1 heterocycles. The van der Waals surface area contributed by atoms with Gasteiger partial charge in [-0.05, 0) is 56.3 Å². The lowest BCUT2D eigenvalue weighted by Gasteiger charge is -2.11. The van der Waals surface area contributed by atoms with Crippen molar-refractivity contribution in [3.05, 3.63) is 83.8 Å². The summed E-state index contributed by atoms with van der Waals surface area (Å²) in [7, 11) is 0. The number of carbonyl (C=O) groups is 3. The third kappa shape index (κ3) is 6.63. The third-order valence-corrected chi connectivity index (χ3v) is 4.10. The number of furan rings is 1. The molecule has 3 rings (SSSR count). The number of rotatable bonds is 7. The molecule has 4 N–H and O–H groups in total. The van der Waals surface area contributed by atoms with Gasteiger partial charge in [-0.3, -0.25) is 20.4 Å². The molecule has 9 heteroatoms. The molecule has 9 nitrogen and oxygen atoms in total. The second-order valence-corrected chi connectivity index (χ2v) is 7.11. The molecule has 0 radical (unpaired) electrons. The lowest BCUT2D eigenvalue weighted by Crippen LogP contribution is -2.41. The van der Waals surface area contributed by atoms with Gasteiger partial charge in [-0.2, -0.15) is 0 Å². The minimum absolute atomic E-state index is 0.0243. The number of nitrogens with one attached hydrogen (secondary N) is 4. The molecule has 1 aromatic heterocycles. The Morgan fingerprint density at radius 1 is 0.906 bits per heavy atom. The Kier molecular flexibility index (Phi) is 7.47. The molecule has 3 aromatic rings. The SMILES string of the molecule is CC(C)NC(=O)Nc1cccc(C(=O)NNC(=O)c2ccc(COc3ccccc3)o2)c1. The summed E-state index contributed by atoms with van der Waals surface area (Å²) in [6, 6.07) is 18.2. The van der Waals surface area contributed by atoms with Gasteiger partial charge in [0, 0.05) is 17.3 Å². The van der Waals surface area contributed by atoms with E-state index in [0.717, 1.165) is 0 Å². The first-order valence-corrected chi connectivity index (χ1v) is 9.95. The summed E-state index contributed by atoms with van der Waals surface area (Å²) in [5.74, 6) is 0.00227. The van der Waals surface area contributed by atoms with E-state index in [0.29, 0.717) is 17.2 Å². The molecule has 2 aromatic carbocycles. The summed E-state index contributed by atoms with van der Waals surface area (Å²) in [5.41, 5.74) is 5.31. The molecule has 0 fully saturated rings. The highest BCUT2D eigenvalue weighted by molar-refractivity contribution is 5.99. The van der Waals surface area contributed by atoms with Crippen LogP contribution in [-0.2, 0) is 6.61 Å². The maximum Gasteiger partial charge on any atom is 0.319 e. The van der Waals surface area contributed by atoms with Crippen molar-refractivity contribution < 1.29 is 23.5 Å². The van der Waals surface area contributed by atoms with Crippen molar-refractivity contribution in [2.45, 2.75) is 26.5 Å². The summed E-state index contributed by atoms with van der Waals surface area (Å²) in [6.07, 6.45) is 0. The van der Waals surface area contributed by atoms with Gasteiger partial charge in [0.1, 0.15) is 18.1 Å². The van der Waals surface area contributed by atoms with Crippen molar-refractivity contribution in [1.82, 2.24) is 16.2 Å². The van der Waals surface area contributed by atoms with Crippen molar-refractivity contribution in [3.63, 3.8) is 0 Å². The highest BCUT2D eigenvalue weighted by Crippen LogP contribution is 2.14. The normalized spacial score (nSPS) is 10.3. The highest BCUT2D eigenvalue weighted by atomic mass is 16.5. The summed E-state index contributed by atoms with van der Waals surface area (Å²) >= 11 is 0. The molecule has 0 saturated heterocycles. The quantitative estimate of drug-likeness (QED) is 0.423. The van der Waals surface area contributed by atoms with Crippen LogP contribution in [0, 0.1) is 0 Å². The van der Waals surface area contributed by atoms with Crippen molar-refractivity contribution in [2.75, 3.05) is 5.32 Å².